The minimum atomic E-state index is -0.980. The molecular formula is C19H26N4O5. The van der Waals surface area contributed by atoms with Gasteiger partial charge in [0.2, 0.25) is 0 Å². The van der Waals surface area contributed by atoms with E-state index in [-0.39, 0.29) is 25.9 Å². The molecule has 1 saturated heterocycles. The van der Waals surface area contributed by atoms with Gasteiger partial charge in [0, 0.05) is 13.0 Å². The van der Waals surface area contributed by atoms with Gasteiger partial charge in [-0.15, -0.1) is 0 Å². The van der Waals surface area contributed by atoms with Crippen LogP contribution in [-0.2, 0) is 30.2 Å². The molecular weight excluding hydrogens is 364 g/mol. The molecule has 0 aromatic carbocycles. The summed E-state index contributed by atoms with van der Waals surface area (Å²) in [7, 11) is 0. The number of esters is 2. The molecule has 0 spiro atoms. The summed E-state index contributed by atoms with van der Waals surface area (Å²) in [6.07, 6.45) is 6.55. The number of ether oxygens (including phenoxy) is 3. The molecule has 9 nitrogen and oxygen atoms in total. The molecule has 0 amide bonds. The Bertz CT molecular complexity index is 798. The van der Waals surface area contributed by atoms with Crippen LogP contribution in [0.3, 0.4) is 0 Å². The Morgan fingerprint density at radius 3 is 2.64 bits per heavy atom. The molecule has 1 aliphatic heterocycles. The number of imidazole rings is 1. The summed E-state index contributed by atoms with van der Waals surface area (Å²) in [5.41, 5.74) is 1.36. The molecule has 1 fully saturated rings. The predicted molar refractivity (Wildman–Crippen MR) is 99.2 cm³/mol. The van der Waals surface area contributed by atoms with E-state index in [4.69, 9.17) is 14.2 Å². The fourth-order valence-electron chi connectivity index (χ4n) is 3.39. The quantitative estimate of drug-likeness (QED) is 0.499. The summed E-state index contributed by atoms with van der Waals surface area (Å²) in [6.45, 7) is 4.51. The molecule has 0 bridgehead atoms. The Hall–Kier alpha value is -2.55. The zero-order valence-corrected chi connectivity index (χ0v) is 16.3. The molecule has 0 saturated carbocycles. The van der Waals surface area contributed by atoms with Gasteiger partial charge in [0.1, 0.15) is 23.9 Å². The monoisotopic (exact) mass is 390 g/mol. The maximum atomic E-state index is 12.2. The number of fused-ring (bicyclic) bond motifs is 1. The van der Waals surface area contributed by atoms with Crippen LogP contribution in [0.15, 0.2) is 12.5 Å². The van der Waals surface area contributed by atoms with Crippen LogP contribution in [0.2, 0.25) is 0 Å². The lowest BCUT2D eigenvalue weighted by molar-refractivity contribution is -0.161. The third kappa shape index (κ3) is 4.46. The van der Waals surface area contributed by atoms with E-state index in [1.807, 2.05) is 4.57 Å². The van der Waals surface area contributed by atoms with Gasteiger partial charge in [-0.1, -0.05) is 0 Å². The van der Waals surface area contributed by atoms with Gasteiger partial charge in [-0.2, -0.15) is 0 Å². The Labute approximate surface area is 163 Å². The highest BCUT2D eigenvalue weighted by Gasteiger charge is 2.31. The van der Waals surface area contributed by atoms with E-state index >= 15 is 0 Å². The molecule has 0 N–H and O–H groups in total. The molecule has 0 aliphatic carbocycles. The first-order valence-corrected chi connectivity index (χ1v) is 9.77. The standard InChI is InChI=1S/C19H26N4O5/c1-3-26-18(24)13(19(25)27-4-2)8-9-15-22-14-11-20-12-21-17(14)23(15)16-7-5-6-10-28-16/h11-13,16H,3-10H2,1-2H3. The normalized spacial score (nSPS) is 17.0. The number of aromatic nitrogens is 4. The van der Waals surface area contributed by atoms with Gasteiger partial charge in [-0.3, -0.25) is 14.2 Å². The fraction of sp³-hybridized carbons (Fsp3) is 0.632. The maximum Gasteiger partial charge on any atom is 0.320 e. The molecule has 1 unspecified atom stereocenters. The average Bonchev–Trinajstić information content (AvgIpc) is 3.07. The van der Waals surface area contributed by atoms with Crippen molar-refractivity contribution >= 4 is 23.1 Å². The topological polar surface area (TPSA) is 105 Å². The van der Waals surface area contributed by atoms with Gasteiger partial charge in [0.25, 0.3) is 0 Å². The van der Waals surface area contributed by atoms with Gasteiger partial charge >= 0.3 is 11.9 Å². The zero-order chi connectivity index (χ0) is 19.9. The van der Waals surface area contributed by atoms with Crippen LogP contribution < -0.4 is 0 Å². The van der Waals surface area contributed by atoms with E-state index in [1.54, 1.807) is 20.0 Å². The third-order valence-electron chi connectivity index (χ3n) is 4.67. The van der Waals surface area contributed by atoms with Crippen molar-refractivity contribution in [1.29, 1.82) is 0 Å². The second-order valence-corrected chi connectivity index (χ2v) is 6.55. The molecule has 3 heterocycles. The van der Waals surface area contributed by atoms with E-state index in [0.717, 1.165) is 19.3 Å². The van der Waals surface area contributed by atoms with E-state index in [2.05, 4.69) is 15.0 Å². The Morgan fingerprint density at radius 2 is 2.00 bits per heavy atom. The number of hydrogen-bond donors (Lipinski definition) is 0. The minimum absolute atomic E-state index is 0.160. The number of nitrogens with zero attached hydrogens (tertiary/aromatic N) is 4. The molecule has 2 aromatic rings. The Morgan fingerprint density at radius 1 is 1.25 bits per heavy atom. The van der Waals surface area contributed by atoms with Gasteiger partial charge in [-0.25, -0.2) is 15.0 Å². The molecule has 1 aliphatic rings. The predicted octanol–water partition coefficient (Wildman–Crippen LogP) is 2.20. The van der Waals surface area contributed by atoms with Crippen LogP contribution in [0, 0.1) is 5.92 Å². The number of carbonyl (C=O) groups is 2. The van der Waals surface area contributed by atoms with Crippen molar-refractivity contribution < 1.29 is 23.8 Å². The summed E-state index contributed by atoms with van der Waals surface area (Å²) in [5, 5.41) is 0. The molecule has 1 atom stereocenters. The van der Waals surface area contributed by atoms with Gasteiger partial charge in [0.15, 0.2) is 11.6 Å². The summed E-state index contributed by atoms with van der Waals surface area (Å²) in [4.78, 5) is 37.5. The first kappa shape index (κ1) is 20.2. The van der Waals surface area contributed by atoms with E-state index in [9.17, 15) is 9.59 Å². The first-order valence-electron chi connectivity index (χ1n) is 9.77. The van der Waals surface area contributed by atoms with Crippen molar-refractivity contribution in [3.05, 3.63) is 18.3 Å². The smallest absolute Gasteiger partial charge is 0.320 e. The van der Waals surface area contributed by atoms with Crippen molar-refractivity contribution in [2.75, 3.05) is 19.8 Å². The summed E-state index contributed by atoms with van der Waals surface area (Å²) >= 11 is 0. The fourth-order valence-corrected chi connectivity index (χ4v) is 3.39. The number of hydrogen-bond acceptors (Lipinski definition) is 8. The number of rotatable bonds is 8. The molecule has 2 aromatic heterocycles. The molecule has 152 valence electrons. The lowest BCUT2D eigenvalue weighted by atomic mass is 10.0. The van der Waals surface area contributed by atoms with Crippen LogP contribution in [0.5, 0.6) is 0 Å². The van der Waals surface area contributed by atoms with Crippen molar-refractivity contribution in [3.63, 3.8) is 0 Å². The molecule has 0 radical (unpaired) electrons. The van der Waals surface area contributed by atoms with Gasteiger partial charge < -0.3 is 14.2 Å². The third-order valence-corrected chi connectivity index (χ3v) is 4.67. The lowest BCUT2D eigenvalue weighted by Crippen LogP contribution is -2.29. The molecule has 9 heteroatoms. The van der Waals surface area contributed by atoms with Crippen molar-refractivity contribution in [1.82, 2.24) is 19.5 Å². The average molecular weight is 390 g/mol. The van der Waals surface area contributed by atoms with Crippen molar-refractivity contribution in [3.8, 4) is 0 Å². The van der Waals surface area contributed by atoms with Crippen LogP contribution in [0.1, 0.15) is 51.6 Å². The SMILES string of the molecule is CCOC(=O)C(CCc1nc2cncnc2n1C1CCCCO1)C(=O)OCC. The second kappa shape index (κ2) is 9.59. The highest BCUT2D eigenvalue weighted by Crippen LogP contribution is 2.28. The van der Waals surface area contributed by atoms with Crippen LogP contribution in [0.4, 0.5) is 0 Å². The Kier molecular flexibility index (Phi) is 6.91. The second-order valence-electron chi connectivity index (χ2n) is 6.55. The maximum absolute atomic E-state index is 12.2. The number of carbonyl (C=O) groups excluding carboxylic acids is 2. The van der Waals surface area contributed by atoms with E-state index in [1.165, 1.54) is 6.33 Å². The number of aryl methyl sites for hydroxylation is 1. The van der Waals surface area contributed by atoms with Crippen LogP contribution in [0.25, 0.3) is 11.2 Å². The first-order chi connectivity index (χ1) is 13.7. The summed E-state index contributed by atoms with van der Waals surface area (Å²) < 4.78 is 18.0. The highest BCUT2D eigenvalue weighted by atomic mass is 16.6. The summed E-state index contributed by atoms with van der Waals surface area (Å²) in [5.74, 6) is -1.41. The molecule has 3 rings (SSSR count). The van der Waals surface area contributed by atoms with Gasteiger partial charge in [-0.05, 0) is 39.5 Å². The zero-order valence-electron chi connectivity index (χ0n) is 16.3. The van der Waals surface area contributed by atoms with Crippen LogP contribution >= 0.6 is 0 Å². The van der Waals surface area contributed by atoms with Crippen molar-refractivity contribution in [2.24, 2.45) is 5.92 Å². The molecule has 28 heavy (non-hydrogen) atoms. The van der Waals surface area contributed by atoms with Gasteiger partial charge in [0.05, 0.1) is 19.4 Å². The lowest BCUT2D eigenvalue weighted by Gasteiger charge is -2.25. The Balaban J connectivity index is 1.85. The van der Waals surface area contributed by atoms with E-state index in [0.29, 0.717) is 30.0 Å². The highest BCUT2D eigenvalue weighted by molar-refractivity contribution is 5.94. The minimum Gasteiger partial charge on any atom is -0.465 e. The van der Waals surface area contributed by atoms with Crippen LogP contribution in [-0.4, -0.2) is 51.3 Å². The van der Waals surface area contributed by atoms with Crippen molar-refractivity contribution in [2.45, 2.75) is 52.2 Å². The van der Waals surface area contributed by atoms with E-state index < -0.39 is 17.9 Å². The largest absolute Gasteiger partial charge is 0.465 e. The summed E-state index contributed by atoms with van der Waals surface area (Å²) in [6, 6.07) is 0.